The van der Waals surface area contributed by atoms with Gasteiger partial charge in [0, 0.05) is 23.2 Å². The molecule has 1 heterocycles. The second-order valence-corrected chi connectivity index (χ2v) is 8.63. The second-order valence-electron chi connectivity index (χ2n) is 6.71. The zero-order valence-electron chi connectivity index (χ0n) is 16.5. The fourth-order valence-electron chi connectivity index (χ4n) is 3.24. The Labute approximate surface area is 187 Å². The highest BCUT2D eigenvalue weighted by Crippen LogP contribution is 2.23. The van der Waals surface area contributed by atoms with Crippen LogP contribution >= 0.6 is 27.3 Å². The van der Waals surface area contributed by atoms with Crippen molar-refractivity contribution in [2.45, 2.75) is 13.5 Å². The number of amides is 1. The summed E-state index contributed by atoms with van der Waals surface area (Å²) in [6.45, 7) is 3.86. The minimum Gasteiger partial charge on any atom is -0.380 e. The summed E-state index contributed by atoms with van der Waals surface area (Å²) in [5, 5.41) is 0. The number of thiazole rings is 1. The molecule has 0 N–H and O–H groups in total. The van der Waals surface area contributed by atoms with Gasteiger partial charge in [-0.15, -0.1) is 0 Å². The molecule has 6 heteroatoms. The number of aromatic nitrogens is 1. The highest BCUT2D eigenvalue weighted by molar-refractivity contribution is 9.10. The Bertz CT molecular complexity index is 1230. The maximum Gasteiger partial charge on any atom is 0.279 e. The molecule has 0 saturated carbocycles. The Hall–Kier alpha value is -2.54. The molecule has 4 nitrogen and oxygen atoms in total. The maximum atomic E-state index is 12.9. The Morgan fingerprint density at radius 2 is 1.77 bits per heavy atom. The van der Waals surface area contributed by atoms with Crippen molar-refractivity contribution in [3.63, 3.8) is 0 Å². The Morgan fingerprint density at radius 1 is 1.03 bits per heavy atom. The van der Waals surface area contributed by atoms with E-state index in [-0.39, 0.29) is 5.91 Å². The van der Waals surface area contributed by atoms with E-state index in [2.05, 4.69) is 43.7 Å². The second kappa shape index (κ2) is 9.51. The number of hydrogen-bond acceptors (Lipinski definition) is 3. The summed E-state index contributed by atoms with van der Waals surface area (Å²) in [7, 11) is 0. The Kier molecular flexibility index (Phi) is 6.57. The third-order valence-corrected chi connectivity index (χ3v) is 6.28. The fraction of sp³-hybridized carbons (Fsp3) is 0.167. The number of hydrogen-bond donors (Lipinski definition) is 0. The van der Waals surface area contributed by atoms with Crippen molar-refractivity contribution in [3.05, 3.63) is 87.6 Å². The van der Waals surface area contributed by atoms with Gasteiger partial charge in [-0.3, -0.25) is 4.79 Å². The molecule has 0 aliphatic carbocycles. The summed E-state index contributed by atoms with van der Waals surface area (Å²) in [5.41, 5.74) is 3.82. The number of fused-ring (bicyclic) bond motifs is 1. The summed E-state index contributed by atoms with van der Waals surface area (Å²) in [4.78, 5) is 18.0. The zero-order valence-corrected chi connectivity index (χ0v) is 18.9. The van der Waals surface area contributed by atoms with Crippen LogP contribution in [0.5, 0.6) is 0 Å². The van der Waals surface area contributed by atoms with E-state index in [0.717, 1.165) is 25.8 Å². The van der Waals surface area contributed by atoms with Gasteiger partial charge in [-0.1, -0.05) is 69.7 Å². The standard InChI is InChI=1S/C24H21BrN2O2S/c1-2-29-15-14-27-21-13-12-20(25)16-22(21)30-24(27)26-23(28)19-10-8-18(9-11-19)17-6-4-3-5-7-17/h3-13,16H,2,14-15H2,1H3. The van der Waals surface area contributed by atoms with Crippen LogP contribution in [0.4, 0.5) is 0 Å². The lowest BCUT2D eigenvalue weighted by Crippen LogP contribution is -2.19. The first kappa shape index (κ1) is 20.7. The SMILES string of the molecule is CCOCCn1c(=NC(=O)c2ccc(-c3ccccc3)cc2)sc2cc(Br)ccc21. The number of rotatable bonds is 6. The fourth-order valence-corrected chi connectivity index (χ4v) is 4.84. The Morgan fingerprint density at radius 3 is 2.50 bits per heavy atom. The van der Waals surface area contributed by atoms with Crippen molar-refractivity contribution in [2.75, 3.05) is 13.2 Å². The van der Waals surface area contributed by atoms with Crippen molar-refractivity contribution in [1.29, 1.82) is 0 Å². The van der Waals surface area contributed by atoms with E-state index in [1.54, 1.807) is 0 Å². The van der Waals surface area contributed by atoms with Crippen LogP contribution in [0.2, 0.25) is 0 Å². The monoisotopic (exact) mass is 480 g/mol. The van der Waals surface area contributed by atoms with E-state index in [1.807, 2.05) is 61.5 Å². The van der Waals surface area contributed by atoms with Crippen LogP contribution in [0.3, 0.4) is 0 Å². The molecule has 0 radical (unpaired) electrons. The molecule has 0 fully saturated rings. The summed E-state index contributed by atoms with van der Waals surface area (Å²) < 4.78 is 9.66. The van der Waals surface area contributed by atoms with E-state index >= 15 is 0 Å². The Balaban J connectivity index is 1.67. The van der Waals surface area contributed by atoms with Crippen LogP contribution in [-0.4, -0.2) is 23.7 Å². The lowest BCUT2D eigenvalue weighted by molar-refractivity contribution is 0.0996. The van der Waals surface area contributed by atoms with Gasteiger partial charge in [0.1, 0.15) is 0 Å². The minimum atomic E-state index is -0.245. The smallest absolute Gasteiger partial charge is 0.279 e. The van der Waals surface area contributed by atoms with Gasteiger partial charge >= 0.3 is 0 Å². The molecule has 0 aliphatic heterocycles. The zero-order chi connectivity index (χ0) is 20.9. The van der Waals surface area contributed by atoms with Crippen LogP contribution in [0.1, 0.15) is 17.3 Å². The molecule has 0 saturated heterocycles. The van der Waals surface area contributed by atoms with Crippen LogP contribution in [-0.2, 0) is 11.3 Å². The predicted molar refractivity (Wildman–Crippen MR) is 126 cm³/mol. The molecule has 152 valence electrons. The number of carbonyl (C=O) groups is 1. The van der Waals surface area contributed by atoms with E-state index in [1.165, 1.54) is 11.3 Å². The van der Waals surface area contributed by atoms with Crippen LogP contribution in [0, 0.1) is 0 Å². The predicted octanol–water partition coefficient (Wildman–Crippen LogP) is 5.91. The van der Waals surface area contributed by atoms with Gasteiger partial charge in [0.05, 0.1) is 16.8 Å². The van der Waals surface area contributed by atoms with Crippen molar-refractivity contribution in [2.24, 2.45) is 4.99 Å². The number of benzene rings is 3. The summed E-state index contributed by atoms with van der Waals surface area (Å²) in [6.07, 6.45) is 0. The van der Waals surface area contributed by atoms with E-state index in [0.29, 0.717) is 30.1 Å². The molecular weight excluding hydrogens is 460 g/mol. The van der Waals surface area contributed by atoms with E-state index in [4.69, 9.17) is 4.74 Å². The molecule has 1 aromatic heterocycles. The molecule has 30 heavy (non-hydrogen) atoms. The van der Waals surface area contributed by atoms with Gasteiger partial charge in [0.2, 0.25) is 0 Å². The molecule has 0 atom stereocenters. The molecule has 0 unspecified atom stereocenters. The number of carbonyl (C=O) groups excluding carboxylic acids is 1. The van der Waals surface area contributed by atoms with Crippen molar-refractivity contribution in [1.82, 2.24) is 4.57 Å². The van der Waals surface area contributed by atoms with Crippen LogP contribution in [0.15, 0.2) is 82.3 Å². The molecule has 4 rings (SSSR count). The largest absolute Gasteiger partial charge is 0.380 e. The first-order valence-electron chi connectivity index (χ1n) is 9.77. The molecule has 3 aromatic carbocycles. The van der Waals surface area contributed by atoms with Gasteiger partial charge in [0.25, 0.3) is 5.91 Å². The number of halogens is 1. The van der Waals surface area contributed by atoms with Crippen LogP contribution < -0.4 is 4.80 Å². The van der Waals surface area contributed by atoms with E-state index in [9.17, 15) is 4.79 Å². The molecule has 0 spiro atoms. The molecule has 4 aromatic rings. The molecule has 0 bridgehead atoms. The van der Waals surface area contributed by atoms with Crippen molar-refractivity contribution in [3.8, 4) is 11.1 Å². The average molecular weight is 481 g/mol. The number of ether oxygens (including phenoxy) is 1. The lowest BCUT2D eigenvalue weighted by atomic mass is 10.0. The van der Waals surface area contributed by atoms with E-state index < -0.39 is 0 Å². The number of nitrogens with zero attached hydrogens (tertiary/aromatic N) is 2. The van der Waals surface area contributed by atoms with Gasteiger partial charge in [-0.2, -0.15) is 4.99 Å². The van der Waals surface area contributed by atoms with Gasteiger partial charge in [-0.05, 0) is 48.4 Å². The third-order valence-electron chi connectivity index (χ3n) is 4.74. The van der Waals surface area contributed by atoms with Crippen molar-refractivity contribution < 1.29 is 9.53 Å². The third kappa shape index (κ3) is 4.61. The first-order chi connectivity index (χ1) is 14.7. The van der Waals surface area contributed by atoms with Crippen LogP contribution in [0.25, 0.3) is 21.3 Å². The lowest BCUT2D eigenvalue weighted by Gasteiger charge is -2.05. The van der Waals surface area contributed by atoms with Gasteiger partial charge in [0.15, 0.2) is 4.80 Å². The average Bonchev–Trinajstić information content (AvgIpc) is 3.10. The molecular formula is C24H21BrN2O2S. The van der Waals surface area contributed by atoms with Crippen molar-refractivity contribution >= 4 is 43.4 Å². The van der Waals surface area contributed by atoms with Gasteiger partial charge in [-0.25, -0.2) is 0 Å². The summed E-state index contributed by atoms with van der Waals surface area (Å²) in [6, 6.07) is 23.8. The summed E-state index contributed by atoms with van der Waals surface area (Å²) in [5.74, 6) is -0.245. The molecule has 1 amide bonds. The maximum absolute atomic E-state index is 12.9. The topological polar surface area (TPSA) is 43.6 Å². The first-order valence-corrected chi connectivity index (χ1v) is 11.4. The normalized spacial score (nSPS) is 11.9. The quantitative estimate of drug-likeness (QED) is 0.322. The molecule has 0 aliphatic rings. The highest BCUT2D eigenvalue weighted by atomic mass is 79.9. The summed E-state index contributed by atoms with van der Waals surface area (Å²) >= 11 is 5.03. The minimum absolute atomic E-state index is 0.245. The van der Waals surface area contributed by atoms with Gasteiger partial charge < -0.3 is 9.30 Å². The highest BCUT2D eigenvalue weighted by Gasteiger charge is 2.10.